The van der Waals surface area contributed by atoms with E-state index in [-0.39, 0.29) is 70.7 Å². The van der Waals surface area contributed by atoms with Gasteiger partial charge in [-0.2, -0.15) is 0 Å². The number of carbonyl (C=O) groups excluding carboxylic acids is 1. The minimum Gasteiger partial charge on any atom is -0.480 e. The number of carboxylic acids is 1. The standard InChI is InChI=1S/C42H67NO10/c1-21(9-13-34(46)43-24(4)36(47)48)27-11-12-30-35-31(20-33(45)41(27,30)7)39(5)16-14-26(18-25(39)19-32(35)44)49-37-23(3)29-10-8-22(2)28-15-17-40(6)51-38(50-37)42(28,29)53-52-40/h21-33,35,37-38,44-45H,8-20H2,1-7H3,(H,43,46)(H,47,48)/t21-,22-,23-,24?,25?,26-,27-,28?,29+,30?,31?,32?,33+,35?,37?,38?,39+,40+,41-,42-/m1/s1. The molecule has 20 atom stereocenters. The number of aliphatic hydroxyl groups excluding tert-OH is 2. The molecule has 300 valence electrons. The molecule has 0 aromatic heterocycles. The lowest BCUT2D eigenvalue weighted by molar-refractivity contribution is -0.578. The summed E-state index contributed by atoms with van der Waals surface area (Å²) in [7, 11) is 0. The summed E-state index contributed by atoms with van der Waals surface area (Å²) in [5.41, 5.74) is -0.931. The Morgan fingerprint density at radius 3 is 2.40 bits per heavy atom. The van der Waals surface area contributed by atoms with Gasteiger partial charge in [0.05, 0.1) is 18.3 Å². The molecule has 2 bridgehead atoms. The van der Waals surface area contributed by atoms with Gasteiger partial charge in [-0.05, 0) is 143 Å². The first-order valence-electron chi connectivity index (χ1n) is 21.3. The number of ether oxygens (including phenoxy) is 3. The lowest BCUT2D eigenvalue weighted by Gasteiger charge is -2.64. The molecule has 0 aromatic rings. The number of nitrogens with one attached hydrogen (secondary N) is 1. The van der Waals surface area contributed by atoms with Gasteiger partial charge in [-0.15, -0.1) is 0 Å². The van der Waals surface area contributed by atoms with Crippen LogP contribution in [-0.2, 0) is 33.6 Å². The number of aliphatic carboxylic acids is 1. The topological polar surface area (TPSA) is 153 Å². The van der Waals surface area contributed by atoms with E-state index in [4.69, 9.17) is 24.0 Å². The van der Waals surface area contributed by atoms with Gasteiger partial charge in [-0.25, -0.2) is 9.78 Å². The second-order valence-electron chi connectivity index (χ2n) is 20.0. The molecule has 4 aliphatic heterocycles. The van der Waals surface area contributed by atoms with Crippen molar-refractivity contribution in [3.63, 3.8) is 0 Å². The van der Waals surface area contributed by atoms with E-state index in [0.717, 1.165) is 64.2 Å². The minimum atomic E-state index is -1.04. The molecular formula is C42H67NO10. The number of aliphatic hydroxyl groups is 2. The highest BCUT2D eigenvalue weighted by Gasteiger charge is 2.70. The van der Waals surface area contributed by atoms with E-state index in [9.17, 15) is 24.9 Å². The highest BCUT2D eigenvalue weighted by atomic mass is 17.3. The van der Waals surface area contributed by atoms with Gasteiger partial charge in [0.2, 0.25) is 11.7 Å². The molecule has 4 heterocycles. The molecule has 1 amide bonds. The van der Waals surface area contributed by atoms with E-state index < -0.39 is 48.2 Å². The molecule has 5 aliphatic carbocycles. The van der Waals surface area contributed by atoms with Crippen LogP contribution in [-0.4, -0.2) is 75.5 Å². The van der Waals surface area contributed by atoms with Crippen LogP contribution in [0.5, 0.6) is 0 Å². The van der Waals surface area contributed by atoms with Crippen molar-refractivity contribution in [2.75, 3.05) is 0 Å². The van der Waals surface area contributed by atoms with Gasteiger partial charge in [-0.1, -0.05) is 34.6 Å². The molecule has 11 heteroatoms. The predicted molar refractivity (Wildman–Crippen MR) is 193 cm³/mol. The first kappa shape index (κ1) is 38.5. The fourth-order valence-corrected chi connectivity index (χ4v) is 14.4. The zero-order valence-corrected chi connectivity index (χ0v) is 33.1. The van der Waals surface area contributed by atoms with Gasteiger partial charge < -0.3 is 34.8 Å². The summed E-state index contributed by atoms with van der Waals surface area (Å²) in [6.45, 7) is 14.9. The quantitative estimate of drug-likeness (QED) is 0.167. The van der Waals surface area contributed by atoms with E-state index >= 15 is 0 Å². The lowest BCUT2D eigenvalue weighted by Crippen LogP contribution is -2.70. The van der Waals surface area contributed by atoms with Gasteiger partial charge in [0.15, 0.2) is 18.2 Å². The predicted octanol–water partition coefficient (Wildman–Crippen LogP) is 6.19. The average molecular weight is 746 g/mol. The van der Waals surface area contributed by atoms with Crippen molar-refractivity contribution in [2.24, 2.45) is 70.0 Å². The molecule has 9 unspecified atom stereocenters. The summed E-state index contributed by atoms with van der Waals surface area (Å²) < 4.78 is 20.4. The first-order chi connectivity index (χ1) is 25.0. The second-order valence-corrected chi connectivity index (χ2v) is 20.0. The smallest absolute Gasteiger partial charge is 0.325 e. The van der Waals surface area contributed by atoms with Crippen LogP contribution in [0.15, 0.2) is 0 Å². The summed E-state index contributed by atoms with van der Waals surface area (Å²) in [5.74, 6) is 0.393. The Labute approximate surface area is 315 Å². The number of amides is 1. The summed E-state index contributed by atoms with van der Waals surface area (Å²) in [5, 5.41) is 35.9. The van der Waals surface area contributed by atoms with Crippen molar-refractivity contribution in [2.45, 2.75) is 180 Å². The van der Waals surface area contributed by atoms with E-state index in [1.54, 1.807) is 0 Å². The lowest BCUT2D eigenvalue weighted by atomic mass is 9.43. The number of hydrogen-bond donors (Lipinski definition) is 4. The Morgan fingerprint density at radius 2 is 1.64 bits per heavy atom. The highest BCUT2D eigenvalue weighted by Crippen LogP contribution is 2.69. The van der Waals surface area contributed by atoms with Crippen LogP contribution >= 0.6 is 0 Å². The summed E-state index contributed by atoms with van der Waals surface area (Å²) >= 11 is 0. The second kappa shape index (κ2) is 13.7. The van der Waals surface area contributed by atoms with Crippen LogP contribution in [0.4, 0.5) is 0 Å². The maximum atomic E-state index is 12.5. The zero-order chi connectivity index (χ0) is 37.8. The van der Waals surface area contributed by atoms with E-state index in [1.165, 1.54) is 6.92 Å². The largest absolute Gasteiger partial charge is 0.480 e. The molecule has 53 heavy (non-hydrogen) atoms. The number of carbonyl (C=O) groups is 2. The first-order valence-corrected chi connectivity index (χ1v) is 21.3. The normalized spacial score (nSPS) is 54.0. The Balaban J connectivity index is 0.935. The maximum absolute atomic E-state index is 12.5. The molecule has 9 aliphatic rings. The SMILES string of the molecule is CC(NC(=O)CC[C@@H](C)[C@H]1CCC2C3C(O)CC4C[C@H](OC5OC6O[C@]7(C)CCC8[C@H](C)CC[C@@H]([C@H]5C)[C@@]68OO7)CC[C@]4(C)C3C[C@H](O)[C@@]21C)C(=O)O. The van der Waals surface area contributed by atoms with Gasteiger partial charge in [0.1, 0.15) is 6.04 Å². The van der Waals surface area contributed by atoms with Gasteiger partial charge >= 0.3 is 5.97 Å². The van der Waals surface area contributed by atoms with E-state index in [2.05, 4.69) is 39.9 Å². The van der Waals surface area contributed by atoms with Crippen LogP contribution in [0.2, 0.25) is 0 Å². The number of fused-ring (bicyclic) bond motifs is 7. The van der Waals surface area contributed by atoms with Crippen LogP contribution in [0.3, 0.4) is 0 Å². The van der Waals surface area contributed by atoms with Crippen molar-refractivity contribution >= 4 is 11.9 Å². The van der Waals surface area contributed by atoms with Crippen molar-refractivity contribution in [1.29, 1.82) is 0 Å². The van der Waals surface area contributed by atoms with Crippen molar-refractivity contribution in [3.05, 3.63) is 0 Å². The molecule has 9 fully saturated rings. The zero-order valence-electron chi connectivity index (χ0n) is 33.1. The maximum Gasteiger partial charge on any atom is 0.325 e. The Kier molecular flexibility index (Phi) is 9.93. The van der Waals surface area contributed by atoms with E-state index in [1.807, 2.05) is 6.92 Å². The third kappa shape index (κ3) is 5.98. The minimum absolute atomic E-state index is 0.00778. The molecule has 4 saturated heterocycles. The molecule has 9 rings (SSSR count). The molecule has 5 saturated carbocycles. The summed E-state index contributed by atoms with van der Waals surface area (Å²) in [4.78, 5) is 36.1. The van der Waals surface area contributed by atoms with Crippen molar-refractivity contribution < 1.29 is 48.9 Å². The number of hydrogen-bond acceptors (Lipinski definition) is 9. The van der Waals surface area contributed by atoms with Gasteiger partial charge in [0.25, 0.3) is 0 Å². The van der Waals surface area contributed by atoms with Crippen LogP contribution in [0.25, 0.3) is 0 Å². The summed E-state index contributed by atoms with van der Waals surface area (Å²) in [6, 6.07) is -0.913. The van der Waals surface area contributed by atoms with Crippen LogP contribution < -0.4 is 5.32 Å². The Bertz CT molecular complexity index is 1410. The monoisotopic (exact) mass is 745 g/mol. The van der Waals surface area contributed by atoms with Crippen molar-refractivity contribution in [3.8, 4) is 0 Å². The molecule has 0 aromatic carbocycles. The van der Waals surface area contributed by atoms with Crippen LogP contribution in [0.1, 0.15) is 132 Å². The number of carboxylic acid groups (broad SMARTS) is 1. The van der Waals surface area contributed by atoms with Gasteiger partial charge in [-0.3, -0.25) is 9.59 Å². The average Bonchev–Trinajstić information content (AvgIpc) is 3.31. The molecule has 4 N–H and O–H groups in total. The molecule has 1 spiro atoms. The molecule has 11 nitrogen and oxygen atoms in total. The Morgan fingerprint density at radius 1 is 0.887 bits per heavy atom. The Hall–Kier alpha value is -1.34. The third-order valence-electron chi connectivity index (χ3n) is 17.5. The van der Waals surface area contributed by atoms with Crippen LogP contribution in [0, 0.1) is 70.0 Å². The summed E-state index contributed by atoms with van der Waals surface area (Å²) in [6.07, 6.45) is 9.30. The highest BCUT2D eigenvalue weighted by molar-refractivity contribution is 5.83. The fourth-order valence-electron chi connectivity index (χ4n) is 14.4. The van der Waals surface area contributed by atoms with Gasteiger partial charge in [0, 0.05) is 24.7 Å². The fraction of sp³-hybridized carbons (Fsp3) is 0.952. The molecule has 0 radical (unpaired) electrons. The molecular weight excluding hydrogens is 678 g/mol. The van der Waals surface area contributed by atoms with E-state index in [0.29, 0.717) is 30.6 Å². The van der Waals surface area contributed by atoms with Crippen molar-refractivity contribution in [1.82, 2.24) is 5.32 Å². The number of rotatable bonds is 8. The third-order valence-corrected chi connectivity index (χ3v) is 17.5.